The summed E-state index contributed by atoms with van der Waals surface area (Å²) >= 11 is 5.37. The zero-order chi connectivity index (χ0) is 31.2. The summed E-state index contributed by atoms with van der Waals surface area (Å²) in [6.07, 6.45) is -10.0. The van der Waals surface area contributed by atoms with Crippen molar-refractivity contribution >= 4 is 61.1 Å². The van der Waals surface area contributed by atoms with Gasteiger partial charge in [0.15, 0.2) is 5.96 Å². The number of nitro groups is 2. The molecule has 40 heavy (non-hydrogen) atoms. The summed E-state index contributed by atoms with van der Waals surface area (Å²) in [6.45, 7) is 0. The van der Waals surface area contributed by atoms with Crippen LogP contribution in [0.4, 0.5) is 37.7 Å². The summed E-state index contributed by atoms with van der Waals surface area (Å²) in [4.78, 5) is 45.6. The number of rotatable bonds is 6. The molecular formula is C18H11Br2F6N5O9. The van der Waals surface area contributed by atoms with E-state index in [4.69, 9.17) is 11.5 Å². The molecule has 14 nitrogen and oxygen atoms in total. The van der Waals surface area contributed by atoms with E-state index in [-0.39, 0.29) is 8.95 Å². The molecule has 0 aliphatic rings. The van der Waals surface area contributed by atoms with Gasteiger partial charge in [-0.25, -0.2) is 4.79 Å². The largest absolute Gasteiger partial charge is 0.573 e. The minimum atomic E-state index is -5.05. The van der Waals surface area contributed by atoms with Gasteiger partial charge in [-0.3, -0.25) is 25.0 Å². The number of methoxy groups -OCH3 is 1. The molecule has 1 amide bonds. The normalized spacial score (nSPS) is 10.9. The maximum absolute atomic E-state index is 12.2. The van der Waals surface area contributed by atoms with Crippen LogP contribution in [0.3, 0.4) is 0 Å². The number of benzene rings is 2. The second-order valence-corrected chi connectivity index (χ2v) is 8.25. The molecule has 0 aromatic heterocycles. The van der Waals surface area contributed by atoms with Crippen LogP contribution >= 0.6 is 31.9 Å². The van der Waals surface area contributed by atoms with Gasteiger partial charge >= 0.3 is 18.7 Å². The summed E-state index contributed by atoms with van der Waals surface area (Å²) in [5.74, 6) is -4.75. The first-order valence-corrected chi connectivity index (χ1v) is 10.9. The summed E-state index contributed by atoms with van der Waals surface area (Å²) in [5, 5.41) is 21.5. The van der Waals surface area contributed by atoms with Gasteiger partial charge in [0.05, 0.1) is 25.9 Å². The number of carbonyl (C=O) groups excluding carboxylic acids is 2. The fourth-order valence-corrected chi connectivity index (χ4v) is 3.24. The van der Waals surface area contributed by atoms with E-state index >= 15 is 0 Å². The molecule has 2 rings (SSSR count). The molecule has 0 spiro atoms. The molecule has 218 valence electrons. The number of hydrogen-bond donors (Lipinski definition) is 2. The topological polar surface area (TPSA) is 213 Å². The Balaban J connectivity index is 0.000000402. The molecule has 22 heteroatoms. The van der Waals surface area contributed by atoms with Crippen LogP contribution in [-0.4, -0.2) is 47.5 Å². The minimum absolute atomic E-state index is 0.316. The molecule has 0 fully saturated rings. The summed E-state index contributed by atoms with van der Waals surface area (Å²) in [5.41, 5.74) is 7.00. The van der Waals surface area contributed by atoms with E-state index in [1.54, 1.807) is 0 Å². The molecule has 0 bridgehead atoms. The van der Waals surface area contributed by atoms with E-state index in [0.29, 0.717) is 18.2 Å². The molecule has 0 saturated heterocycles. The Labute approximate surface area is 233 Å². The monoisotopic (exact) mass is 713 g/mol. The lowest BCUT2D eigenvalue weighted by Gasteiger charge is -2.11. The van der Waals surface area contributed by atoms with Crippen LogP contribution < -0.4 is 20.9 Å². The highest BCUT2D eigenvalue weighted by Gasteiger charge is 2.35. The number of nitro benzene ring substituents is 2. The Hall–Kier alpha value is -4.21. The van der Waals surface area contributed by atoms with E-state index in [1.807, 2.05) is 0 Å². The first-order valence-electron chi connectivity index (χ1n) is 9.36. The zero-order valence-corrected chi connectivity index (χ0v) is 22.2. The zero-order valence-electron chi connectivity index (χ0n) is 19.0. The molecular weight excluding hydrogens is 704 g/mol. The standard InChI is InChI=1S/C9H6BrF3N4O4.C9H5BrF3NO5/c10-4-2-5(17(19)20)3(7(18)16-8(14)15)1-6(4)21-9(11,12)13;1-18-8(15)4-2-7(19-9(11,12)13)5(10)3-6(4)14(16)17/h1-2H,(H4,14,15,16,18);2-3H,1H3. The van der Waals surface area contributed by atoms with Crippen molar-refractivity contribution in [1.29, 1.82) is 0 Å². The molecule has 0 aliphatic carbocycles. The van der Waals surface area contributed by atoms with Gasteiger partial charge < -0.3 is 25.7 Å². The number of alkyl halides is 6. The maximum atomic E-state index is 12.2. The minimum Gasteiger partial charge on any atom is -0.465 e. The van der Waals surface area contributed by atoms with E-state index in [1.165, 1.54) is 0 Å². The third kappa shape index (κ3) is 10.2. The Morgan fingerprint density at radius 1 is 0.825 bits per heavy atom. The third-order valence-electron chi connectivity index (χ3n) is 3.81. The highest BCUT2D eigenvalue weighted by atomic mass is 79.9. The van der Waals surface area contributed by atoms with Crippen molar-refractivity contribution in [3.8, 4) is 11.5 Å². The van der Waals surface area contributed by atoms with Gasteiger partial charge in [0.2, 0.25) is 0 Å². The van der Waals surface area contributed by atoms with Crippen LogP contribution in [0.2, 0.25) is 0 Å². The number of hydrogen-bond acceptors (Lipinski definition) is 9. The SMILES string of the molecule is COC(=O)c1cc(OC(F)(F)F)c(Br)cc1[N+](=O)[O-].NC(N)=NC(=O)c1cc(OC(F)(F)F)c(Br)cc1[N+](=O)[O-]. The van der Waals surface area contributed by atoms with Crippen LogP contribution in [0.1, 0.15) is 20.7 Å². The van der Waals surface area contributed by atoms with Crippen molar-refractivity contribution in [2.24, 2.45) is 16.5 Å². The van der Waals surface area contributed by atoms with Crippen molar-refractivity contribution in [1.82, 2.24) is 0 Å². The molecule has 2 aromatic carbocycles. The van der Waals surface area contributed by atoms with E-state index in [2.05, 4.69) is 51.1 Å². The number of carbonyl (C=O) groups is 2. The fourth-order valence-electron chi connectivity index (χ4n) is 2.42. The van der Waals surface area contributed by atoms with Crippen LogP contribution in [0.5, 0.6) is 11.5 Å². The fraction of sp³-hybridized carbons (Fsp3) is 0.167. The van der Waals surface area contributed by atoms with Crippen molar-refractivity contribution in [2.45, 2.75) is 12.7 Å². The highest BCUT2D eigenvalue weighted by molar-refractivity contribution is 9.11. The lowest BCUT2D eigenvalue weighted by atomic mass is 10.1. The van der Waals surface area contributed by atoms with E-state index < -0.39 is 74.4 Å². The average Bonchev–Trinajstić information content (AvgIpc) is 2.78. The number of esters is 1. The molecule has 0 heterocycles. The number of nitrogens with two attached hydrogens (primary N) is 2. The predicted octanol–water partition coefficient (Wildman–Crippen LogP) is 4.71. The Morgan fingerprint density at radius 3 is 1.52 bits per heavy atom. The number of nitrogens with zero attached hydrogens (tertiary/aromatic N) is 3. The summed E-state index contributed by atoms with van der Waals surface area (Å²) < 4.78 is 83.7. The number of aliphatic imine (C=N–C) groups is 1. The first kappa shape index (κ1) is 33.8. The smallest absolute Gasteiger partial charge is 0.465 e. The van der Waals surface area contributed by atoms with Crippen molar-refractivity contribution in [3.05, 3.63) is 64.6 Å². The molecule has 0 unspecified atom stereocenters. The molecule has 4 N–H and O–H groups in total. The van der Waals surface area contributed by atoms with Gasteiger partial charge in [0.25, 0.3) is 17.3 Å². The maximum Gasteiger partial charge on any atom is 0.573 e. The first-order chi connectivity index (χ1) is 18.2. The summed E-state index contributed by atoms with van der Waals surface area (Å²) in [6, 6.07) is 2.51. The Bertz CT molecular complexity index is 1370. The average molecular weight is 715 g/mol. The van der Waals surface area contributed by atoms with Gasteiger partial charge in [0, 0.05) is 24.3 Å². The third-order valence-corrected chi connectivity index (χ3v) is 5.05. The predicted molar refractivity (Wildman–Crippen MR) is 126 cm³/mol. The van der Waals surface area contributed by atoms with Crippen molar-refractivity contribution < 1.29 is 60.0 Å². The number of halogens is 8. The molecule has 0 saturated carbocycles. The Morgan fingerprint density at radius 2 is 1.20 bits per heavy atom. The van der Waals surface area contributed by atoms with Gasteiger partial charge in [-0.1, -0.05) is 0 Å². The van der Waals surface area contributed by atoms with Gasteiger partial charge in [-0.05, 0) is 31.9 Å². The molecule has 0 atom stereocenters. The van der Waals surface area contributed by atoms with Gasteiger partial charge in [0.1, 0.15) is 22.6 Å². The molecule has 0 radical (unpaired) electrons. The molecule has 0 aliphatic heterocycles. The van der Waals surface area contributed by atoms with Crippen LogP contribution in [-0.2, 0) is 4.74 Å². The van der Waals surface area contributed by atoms with Crippen LogP contribution in [0.15, 0.2) is 38.2 Å². The van der Waals surface area contributed by atoms with E-state index in [9.17, 15) is 56.2 Å². The summed E-state index contributed by atoms with van der Waals surface area (Å²) in [7, 11) is 0.943. The Kier molecular flexibility index (Phi) is 11.2. The van der Waals surface area contributed by atoms with Crippen molar-refractivity contribution in [2.75, 3.05) is 7.11 Å². The second-order valence-electron chi connectivity index (χ2n) is 6.54. The lowest BCUT2D eigenvalue weighted by Crippen LogP contribution is -2.24. The van der Waals surface area contributed by atoms with Gasteiger partial charge in [-0.2, -0.15) is 4.99 Å². The van der Waals surface area contributed by atoms with Gasteiger partial charge in [-0.15, -0.1) is 26.3 Å². The van der Waals surface area contributed by atoms with Crippen molar-refractivity contribution in [3.63, 3.8) is 0 Å². The number of amides is 1. The lowest BCUT2D eigenvalue weighted by molar-refractivity contribution is -0.385. The highest BCUT2D eigenvalue weighted by Crippen LogP contribution is 2.37. The van der Waals surface area contributed by atoms with E-state index in [0.717, 1.165) is 13.2 Å². The van der Waals surface area contributed by atoms with Crippen LogP contribution in [0, 0.1) is 20.2 Å². The molecule has 2 aromatic rings. The quantitative estimate of drug-likeness (QED) is 0.104. The second kappa shape index (κ2) is 13.2. The number of ether oxygens (including phenoxy) is 3. The van der Waals surface area contributed by atoms with Crippen LogP contribution in [0.25, 0.3) is 0 Å². The number of guanidine groups is 1.